The minimum atomic E-state index is 0.754. The molecule has 1 aromatic heterocycles. The number of nitrogens with zero attached hydrogens (tertiary/aromatic N) is 1. The molecule has 0 aliphatic rings. The highest BCUT2D eigenvalue weighted by Crippen LogP contribution is 2.36. The third-order valence-electron chi connectivity index (χ3n) is 3.00. The van der Waals surface area contributed by atoms with E-state index in [4.69, 9.17) is 10.5 Å². The number of nitrogens with two attached hydrogens (primary N) is 1. The molecule has 90 valence electrons. The van der Waals surface area contributed by atoms with Crippen LogP contribution in [0.3, 0.4) is 0 Å². The van der Waals surface area contributed by atoms with Crippen LogP contribution in [-0.2, 0) is 6.42 Å². The molecule has 0 fully saturated rings. The van der Waals surface area contributed by atoms with E-state index < -0.39 is 0 Å². The van der Waals surface area contributed by atoms with Crippen molar-refractivity contribution >= 4 is 32.5 Å². The van der Waals surface area contributed by atoms with Gasteiger partial charge in [0.1, 0.15) is 11.3 Å². The number of ether oxygens (including phenoxy) is 1. The third-order valence-corrected chi connectivity index (χ3v) is 3.66. The Kier molecular flexibility index (Phi) is 3.24. The lowest BCUT2D eigenvalue weighted by Crippen LogP contribution is -2.01. The molecule has 0 saturated carbocycles. The molecule has 1 heterocycles. The van der Waals surface area contributed by atoms with Crippen LogP contribution in [0.15, 0.2) is 16.6 Å². The Bertz CT molecular complexity index is 581. The standard InChI is InChI=1S/C13H15BrN2O/c1-4-9-7(2)12(15)11-8(14)5-6-10(17-3)13(11)16-9/h5-6H,4H2,1-3H3,(H2,15,16). The first-order chi connectivity index (χ1) is 8.10. The number of rotatable bonds is 2. The summed E-state index contributed by atoms with van der Waals surface area (Å²) in [5, 5.41) is 0.930. The monoisotopic (exact) mass is 294 g/mol. The maximum absolute atomic E-state index is 6.19. The van der Waals surface area contributed by atoms with Crippen molar-refractivity contribution in [1.82, 2.24) is 4.98 Å². The van der Waals surface area contributed by atoms with Gasteiger partial charge in [-0.1, -0.05) is 22.9 Å². The zero-order chi connectivity index (χ0) is 12.6. The topological polar surface area (TPSA) is 48.1 Å². The fraction of sp³-hybridized carbons (Fsp3) is 0.308. The Balaban J connectivity index is 2.94. The lowest BCUT2D eigenvalue weighted by molar-refractivity contribution is 0.418. The zero-order valence-electron chi connectivity index (χ0n) is 10.2. The number of hydrogen-bond acceptors (Lipinski definition) is 3. The highest BCUT2D eigenvalue weighted by molar-refractivity contribution is 9.10. The molecule has 2 N–H and O–H groups in total. The van der Waals surface area contributed by atoms with Crippen LogP contribution < -0.4 is 10.5 Å². The van der Waals surface area contributed by atoms with Gasteiger partial charge in [0.05, 0.1) is 7.11 Å². The average Bonchev–Trinajstić information content (AvgIpc) is 2.33. The second-order valence-electron chi connectivity index (χ2n) is 3.92. The van der Waals surface area contributed by atoms with E-state index in [0.29, 0.717) is 0 Å². The molecule has 0 aliphatic carbocycles. The van der Waals surface area contributed by atoms with Crippen molar-refractivity contribution in [2.75, 3.05) is 12.8 Å². The van der Waals surface area contributed by atoms with Crippen molar-refractivity contribution < 1.29 is 4.74 Å². The van der Waals surface area contributed by atoms with E-state index in [1.807, 2.05) is 19.1 Å². The number of aromatic nitrogens is 1. The summed E-state index contributed by atoms with van der Waals surface area (Å²) in [6.07, 6.45) is 0.863. The Morgan fingerprint density at radius 2 is 2.12 bits per heavy atom. The summed E-state index contributed by atoms with van der Waals surface area (Å²) in [5.41, 5.74) is 9.86. The number of aryl methyl sites for hydroxylation is 1. The van der Waals surface area contributed by atoms with Crippen molar-refractivity contribution in [3.63, 3.8) is 0 Å². The third kappa shape index (κ3) is 1.86. The molecular weight excluding hydrogens is 280 g/mol. The summed E-state index contributed by atoms with van der Waals surface area (Å²) in [4.78, 5) is 4.65. The molecule has 3 nitrogen and oxygen atoms in total. The zero-order valence-corrected chi connectivity index (χ0v) is 11.8. The average molecular weight is 295 g/mol. The number of halogens is 1. The molecular formula is C13H15BrN2O. The van der Waals surface area contributed by atoms with Gasteiger partial charge in [-0.15, -0.1) is 0 Å². The van der Waals surface area contributed by atoms with E-state index in [1.54, 1.807) is 7.11 Å². The molecule has 0 aliphatic heterocycles. The lowest BCUT2D eigenvalue weighted by Gasteiger charge is -2.13. The quantitative estimate of drug-likeness (QED) is 0.923. The number of hydrogen-bond donors (Lipinski definition) is 1. The summed E-state index contributed by atoms with van der Waals surface area (Å²) in [7, 11) is 1.64. The highest BCUT2D eigenvalue weighted by atomic mass is 79.9. The van der Waals surface area contributed by atoms with Gasteiger partial charge in [0.15, 0.2) is 0 Å². The Morgan fingerprint density at radius 1 is 1.41 bits per heavy atom. The number of pyridine rings is 1. The first-order valence-electron chi connectivity index (χ1n) is 5.51. The van der Waals surface area contributed by atoms with Gasteiger partial charge in [-0.05, 0) is 31.0 Å². The van der Waals surface area contributed by atoms with Gasteiger partial charge in [-0.25, -0.2) is 4.98 Å². The second-order valence-corrected chi connectivity index (χ2v) is 4.78. The number of anilines is 1. The normalized spacial score (nSPS) is 10.8. The van der Waals surface area contributed by atoms with Crippen molar-refractivity contribution in [1.29, 1.82) is 0 Å². The molecule has 0 spiro atoms. The van der Waals surface area contributed by atoms with Crippen LogP contribution in [0.5, 0.6) is 5.75 Å². The number of nitrogen functional groups attached to an aromatic ring is 1. The molecule has 0 saturated heterocycles. The Hall–Kier alpha value is -1.29. The molecule has 2 rings (SSSR count). The van der Waals surface area contributed by atoms with Crippen LogP contribution in [0.2, 0.25) is 0 Å². The minimum Gasteiger partial charge on any atom is -0.494 e. The first kappa shape index (κ1) is 12.2. The number of benzene rings is 1. The largest absolute Gasteiger partial charge is 0.494 e. The van der Waals surface area contributed by atoms with Crippen LogP contribution in [0.4, 0.5) is 5.69 Å². The molecule has 0 radical (unpaired) electrons. The molecule has 4 heteroatoms. The fourth-order valence-electron chi connectivity index (χ4n) is 1.99. The van der Waals surface area contributed by atoms with Gasteiger partial charge >= 0.3 is 0 Å². The molecule has 0 amide bonds. The maximum atomic E-state index is 6.19. The van der Waals surface area contributed by atoms with Crippen molar-refractivity contribution in [3.05, 3.63) is 27.9 Å². The summed E-state index contributed by atoms with van der Waals surface area (Å²) < 4.78 is 6.29. The minimum absolute atomic E-state index is 0.754. The lowest BCUT2D eigenvalue weighted by atomic mass is 10.1. The smallest absolute Gasteiger partial charge is 0.145 e. The second kappa shape index (κ2) is 4.53. The summed E-state index contributed by atoms with van der Waals surface area (Å²) in [6, 6.07) is 3.83. The molecule has 1 aromatic carbocycles. The predicted octanol–water partition coefficient (Wildman–Crippen LogP) is 3.46. The van der Waals surface area contributed by atoms with Gasteiger partial charge in [0, 0.05) is 21.2 Å². The maximum Gasteiger partial charge on any atom is 0.145 e. The summed E-state index contributed by atoms with van der Waals surface area (Å²) >= 11 is 3.52. The predicted molar refractivity (Wildman–Crippen MR) is 74.5 cm³/mol. The van der Waals surface area contributed by atoms with Crippen LogP contribution in [0, 0.1) is 6.92 Å². The van der Waals surface area contributed by atoms with Gasteiger partial charge in [0.25, 0.3) is 0 Å². The van der Waals surface area contributed by atoms with E-state index in [9.17, 15) is 0 Å². The van der Waals surface area contributed by atoms with Crippen molar-refractivity contribution in [2.45, 2.75) is 20.3 Å². The molecule has 2 aromatic rings. The van der Waals surface area contributed by atoms with E-state index in [0.717, 1.165) is 44.5 Å². The van der Waals surface area contributed by atoms with Crippen molar-refractivity contribution in [3.8, 4) is 5.75 Å². The first-order valence-corrected chi connectivity index (χ1v) is 6.30. The number of fused-ring (bicyclic) bond motifs is 1. The number of methoxy groups -OCH3 is 1. The van der Waals surface area contributed by atoms with E-state index in [1.165, 1.54) is 0 Å². The van der Waals surface area contributed by atoms with Crippen LogP contribution in [0.25, 0.3) is 10.9 Å². The van der Waals surface area contributed by atoms with E-state index >= 15 is 0 Å². The van der Waals surface area contributed by atoms with Gasteiger partial charge in [0.2, 0.25) is 0 Å². The van der Waals surface area contributed by atoms with Crippen LogP contribution in [0.1, 0.15) is 18.2 Å². The molecule has 0 unspecified atom stereocenters. The van der Waals surface area contributed by atoms with E-state index in [2.05, 4.69) is 27.8 Å². The molecule has 0 bridgehead atoms. The Morgan fingerprint density at radius 3 is 2.71 bits per heavy atom. The van der Waals surface area contributed by atoms with E-state index in [-0.39, 0.29) is 0 Å². The van der Waals surface area contributed by atoms with Gasteiger partial charge in [-0.2, -0.15) is 0 Å². The van der Waals surface area contributed by atoms with Crippen molar-refractivity contribution in [2.24, 2.45) is 0 Å². The van der Waals surface area contributed by atoms with Crippen LogP contribution in [-0.4, -0.2) is 12.1 Å². The van der Waals surface area contributed by atoms with Crippen LogP contribution >= 0.6 is 15.9 Å². The molecule has 17 heavy (non-hydrogen) atoms. The molecule has 0 atom stereocenters. The summed E-state index contributed by atoms with van der Waals surface area (Å²) in [5.74, 6) is 0.754. The fourth-order valence-corrected chi connectivity index (χ4v) is 2.52. The van der Waals surface area contributed by atoms with Gasteiger partial charge in [-0.3, -0.25) is 0 Å². The van der Waals surface area contributed by atoms with Gasteiger partial charge < -0.3 is 10.5 Å². The summed E-state index contributed by atoms with van der Waals surface area (Å²) in [6.45, 7) is 4.08. The highest BCUT2D eigenvalue weighted by Gasteiger charge is 2.14. The Labute approximate surface area is 109 Å². The SMILES string of the molecule is CCc1nc2c(OC)ccc(Br)c2c(N)c1C.